The third-order valence-electron chi connectivity index (χ3n) is 5.70. The van der Waals surface area contributed by atoms with E-state index in [0.29, 0.717) is 31.4 Å². The Hall–Kier alpha value is -3.39. The summed E-state index contributed by atoms with van der Waals surface area (Å²) in [5.41, 5.74) is 15.5. The molecule has 0 radical (unpaired) electrons. The first-order valence-electron chi connectivity index (χ1n) is 10.2. The topological polar surface area (TPSA) is 94.8 Å². The first-order chi connectivity index (χ1) is 14.7. The van der Waals surface area contributed by atoms with Gasteiger partial charge in [-0.3, -0.25) is 4.90 Å². The molecule has 4 N–H and O–H groups in total. The van der Waals surface area contributed by atoms with Gasteiger partial charge in [0, 0.05) is 32.7 Å². The number of nitrogen functional groups attached to an aromatic ring is 2. The van der Waals surface area contributed by atoms with Crippen molar-refractivity contribution in [1.82, 2.24) is 14.7 Å². The second kappa shape index (κ2) is 7.79. The Bertz CT molecular complexity index is 1030. The Balaban J connectivity index is 1.28. The van der Waals surface area contributed by atoms with Crippen LogP contribution in [0.15, 0.2) is 48.5 Å². The molecule has 0 atom stereocenters. The molecule has 2 aliphatic rings. The fourth-order valence-electron chi connectivity index (χ4n) is 4.09. The predicted octanol–water partition coefficient (Wildman–Crippen LogP) is 2.13. The Labute approximate surface area is 175 Å². The minimum absolute atomic E-state index is 0.487. The molecule has 1 aromatic heterocycles. The normalized spacial score (nSPS) is 16.6. The highest BCUT2D eigenvalue weighted by Gasteiger charge is 2.25. The van der Waals surface area contributed by atoms with Crippen molar-refractivity contribution in [2.45, 2.75) is 6.54 Å². The SMILES string of the molecule is Nc1nn(-c2ccccc2)c(N)c1CN1CCN(c2cccc3c2OCCO3)CC1. The second-order valence-corrected chi connectivity index (χ2v) is 7.56. The van der Waals surface area contributed by atoms with Crippen LogP contribution in [0.25, 0.3) is 5.69 Å². The number of nitrogens with zero attached hydrogens (tertiary/aromatic N) is 4. The summed E-state index contributed by atoms with van der Waals surface area (Å²) in [6, 6.07) is 15.9. The smallest absolute Gasteiger partial charge is 0.184 e. The molecular formula is C22H26N6O2. The number of benzene rings is 2. The molecule has 0 spiro atoms. The molecule has 0 amide bonds. The quantitative estimate of drug-likeness (QED) is 0.685. The average molecular weight is 406 g/mol. The third-order valence-corrected chi connectivity index (χ3v) is 5.70. The molecule has 0 aliphatic carbocycles. The summed E-state index contributed by atoms with van der Waals surface area (Å²) in [4.78, 5) is 4.71. The number of rotatable bonds is 4. The van der Waals surface area contributed by atoms with Gasteiger partial charge in [0.15, 0.2) is 17.3 Å². The lowest BCUT2D eigenvalue weighted by atomic mass is 10.2. The molecule has 3 heterocycles. The van der Waals surface area contributed by atoms with Gasteiger partial charge in [-0.25, -0.2) is 4.68 Å². The lowest BCUT2D eigenvalue weighted by Gasteiger charge is -2.37. The van der Waals surface area contributed by atoms with Gasteiger partial charge in [0.1, 0.15) is 19.0 Å². The van der Waals surface area contributed by atoms with Crippen molar-refractivity contribution in [2.24, 2.45) is 0 Å². The first kappa shape index (κ1) is 18.6. The number of ether oxygens (including phenoxy) is 2. The summed E-state index contributed by atoms with van der Waals surface area (Å²) in [7, 11) is 0. The lowest BCUT2D eigenvalue weighted by molar-refractivity contribution is 0.171. The second-order valence-electron chi connectivity index (χ2n) is 7.56. The summed E-state index contributed by atoms with van der Waals surface area (Å²) in [5, 5.41) is 4.46. The number of aromatic nitrogens is 2. The van der Waals surface area contributed by atoms with E-state index in [0.717, 1.165) is 54.6 Å². The Morgan fingerprint density at radius 1 is 0.867 bits per heavy atom. The van der Waals surface area contributed by atoms with E-state index in [2.05, 4.69) is 21.0 Å². The van der Waals surface area contributed by atoms with Crippen LogP contribution < -0.4 is 25.8 Å². The number of hydrogen-bond donors (Lipinski definition) is 2. The van der Waals surface area contributed by atoms with Crippen LogP contribution in [0.1, 0.15) is 5.56 Å². The van der Waals surface area contributed by atoms with Crippen LogP contribution in [-0.4, -0.2) is 54.1 Å². The summed E-state index contributed by atoms with van der Waals surface area (Å²) in [6.07, 6.45) is 0. The van der Waals surface area contributed by atoms with Gasteiger partial charge in [-0.15, -0.1) is 5.10 Å². The molecule has 2 aliphatic heterocycles. The van der Waals surface area contributed by atoms with Gasteiger partial charge < -0.3 is 25.8 Å². The summed E-state index contributed by atoms with van der Waals surface area (Å²) in [5.74, 6) is 2.77. The van der Waals surface area contributed by atoms with Crippen LogP contribution in [0.3, 0.4) is 0 Å². The zero-order chi connectivity index (χ0) is 20.5. The molecule has 3 aromatic rings. The molecule has 1 saturated heterocycles. The predicted molar refractivity (Wildman–Crippen MR) is 117 cm³/mol. The van der Waals surface area contributed by atoms with Gasteiger partial charge in [-0.05, 0) is 24.3 Å². The molecule has 156 valence electrons. The average Bonchev–Trinajstić information content (AvgIpc) is 3.08. The van der Waals surface area contributed by atoms with Gasteiger partial charge in [-0.2, -0.15) is 0 Å². The number of fused-ring (bicyclic) bond motifs is 1. The molecule has 8 nitrogen and oxygen atoms in total. The molecular weight excluding hydrogens is 380 g/mol. The van der Waals surface area contributed by atoms with Crippen molar-refractivity contribution in [3.05, 3.63) is 54.1 Å². The van der Waals surface area contributed by atoms with E-state index in [4.69, 9.17) is 20.9 Å². The van der Waals surface area contributed by atoms with Crippen LogP contribution in [0, 0.1) is 0 Å². The summed E-state index contributed by atoms with van der Waals surface area (Å²) >= 11 is 0. The van der Waals surface area contributed by atoms with Crippen LogP contribution in [0.2, 0.25) is 0 Å². The summed E-state index contributed by atoms with van der Waals surface area (Å²) in [6.45, 7) is 5.47. The van der Waals surface area contributed by atoms with E-state index < -0.39 is 0 Å². The first-order valence-corrected chi connectivity index (χ1v) is 10.2. The Morgan fingerprint density at radius 3 is 2.43 bits per heavy atom. The fourth-order valence-corrected chi connectivity index (χ4v) is 4.09. The minimum Gasteiger partial charge on any atom is -0.486 e. The van der Waals surface area contributed by atoms with Crippen molar-refractivity contribution in [3.8, 4) is 17.2 Å². The maximum Gasteiger partial charge on any atom is 0.184 e. The zero-order valence-corrected chi connectivity index (χ0v) is 16.8. The standard InChI is InChI=1S/C22H26N6O2/c23-21-17(22(24)28(25-21)16-5-2-1-3-6-16)15-26-9-11-27(12-10-26)18-7-4-8-19-20(18)30-14-13-29-19/h1-8H,9-15,24H2,(H2,23,25). The largest absolute Gasteiger partial charge is 0.486 e. The molecule has 5 rings (SSSR count). The van der Waals surface area contributed by atoms with Gasteiger partial charge in [0.2, 0.25) is 0 Å². The van der Waals surface area contributed by atoms with Crippen molar-refractivity contribution in [1.29, 1.82) is 0 Å². The number of para-hydroxylation sites is 2. The number of hydrogen-bond acceptors (Lipinski definition) is 7. The number of nitrogens with two attached hydrogens (primary N) is 2. The highest BCUT2D eigenvalue weighted by atomic mass is 16.6. The lowest BCUT2D eigenvalue weighted by Crippen LogP contribution is -2.46. The van der Waals surface area contributed by atoms with E-state index in [-0.39, 0.29) is 0 Å². The van der Waals surface area contributed by atoms with Crippen molar-refractivity contribution < 1.29 is 9.47 Å². The van der Waals surface area contributed by atoms with E-state index in [1.165, 1.54) is 0 Å². The zero-order valence-electron chi connectivity index (χ0n) is 16.8. The Kier molecular flexibility index (Phi) is 4.84. The highest BCUT2D eigenvalue weighted by Crippen LogP contribution is 2.39. The molecule has 0 saturated carbocycles. The number of piperazine rings is 1. The van der Waals surface area contributed by atoms with Crippen LogP contribution in [0.5, 0.6) is 11.5 Å². The van der Waals surface area contributed by atoms with Gasteiger partial charge in [0.05, 0.1) is 16.9 Å². The van der Waals surface area contributed by atoms with Crippen molar-refractivity contribution in [2.75, 3.05) is 55.8 Å². The Morgan fingerprint density at radius 2 is 1.63 bits per heavy atom. The van der Waals surface area contributed by atoms with Crippen molar-refractivity contribution in [3.63, 3.8) is 0 Å². The van der Waals surface area contributed by atoms with Crippen LogP contribution >= 0.6 is 0 Å². The van der Waals surface area contributed by atoms with E-state index in [1.807, 2.05) is 42.5 Å². The molecule has 0 unspecified atom stereocenters. The van der Waals surface area contributed by atoms with E-state index >= 15 is 0 Å². The van der Waals surface area contributed by atoms with E-state index in [1.54, 1.807) is 4.68 Å². The fraction of sp³-hybridized carbons (Fsp3) is 0.318. The molecule has 30 heavy (non-hydrogen) atoms. The number of anilines is 3. The van der Waals surface area contributed by atoms with Crippen LogP contribution in [-0.2, 0) is 6.54 Å². The molecule has 1 fully saturated rings. The molecule has 2 aromatic carbocycles. The van der Waals surface area contributed by atoms with Crippen molar-refractivity contribution >= 4 is 17.3 Å². The molecule has 0 bridgehead atoms. The monoisotopic (exact) mass is 406 g/mol. The van der Waals surface area contributed by atoms with E-state index in [9.17, 15) is 0 Å². The molecule has 8 heteroatoms. The summed E-state index contributed by atoms with van der Waals surface area (Å²) < 4.78 is 13.3. The maximum atomic E-state index is 6.40. The third kappa shape index (κ3) is 3.39. The highest BCUT2D eigenvalue weighted by molar-refractivity contribution is 5.65. The minimum atomic E-state index is 0.487. The maximum absolute atomic E-state index is 6.40. The van der Waals surface area contributed by atoms with Crippen LogP contribution in [0.4, 0.5) is 17.3 Å². The van der Waals surface area contributed by atoms with Gasteiger partial charge in [0.25, 0.3) is 0 Å². The van der Waals surface area contributed by atoms with Gasteiger partial charge >= 0.3 is 0 Å². The van der Waals surface area contributed by atoms with Gasteiger partial charge in [-0.1, -0.05) is 24.3 Å².